The van der Waals surface area contributed by atoms with Gasteiger partial charge in [0.05, 0.1) is 17.4 Å². The van der Waals surface area contributed by atoms with Crippen LogP contribution in [0.2, 0.25) is 0 Å². The molecule has 0 atom stereocenters. The molecule has 0 fully saturated rings. The Hall–Kier alpha value is -3.73. The maximum Gasteiger partial charge on any atom is 0.259 e. The quantitative estimate of drug-likeness (QED) is 0.500. The molecule has 0 amide bonds. The number of hydrogen-bond donors (Lipinski definition) is 1. The van der Waals surface area contributed by atoms with Crippen LogP contribution in [0.3, 0.4) is 0 Å². The average Bonchev–Trinajstić information content (AvgIpc) is 3.12. The van der Waals surface area contributed by atoms with E-state index in [2.05, 4.69) is 9.97 Å². The third-order valence-corrected chi connectivity index (χ3v) is 4.96. The molecule has 0 aliphatic carbocycles. The van der Waals surface area contributed by atoms with Crippen LogP contribution in [0.4, 0.5) is 4.39 Å². The van der Waals surface area contributed by atoms with E-state index in [1.165, 1.54) is 6.07 Å². The highest BCUT2D eigenvalue weighted by Crippen LogP contribution is 2.24. The number of nitrogens with zero attached hydrogens (tertiary/aromatic N) is 2. The Bertz CT molecular complexity index is 1380. The Labute approximate surface area is 159 Å². The Kier molecular flexibility index (Phi) is 3.79. The number of aromatic amines is 1. The number of fused-ring (bicyclic) bond motifs is 2. The molecule has 5 aromatic rings. The summed E-state index contributed by atoms with van der Waals surface area (Å²) in [6.07, 6.45) is 1.94. The van der Waals surface area contributed by atoms with E-state index in [-0.39, 0.29) is 11.4 Å². The molecule has 2 aromatic heterocycles. The van der Waals surface area contributed by atoms with Gasteiger partial charge in [-0.1, -0.05) is 30.3 Å². The Balaban J connectivity index is 1.57. The molecule has 5 rings (SSSR count). The summed E-state index contributed by atoms with van der Waals surface area (Å²) in [5.74, 6) is 0.325. The number of halogens is 1. The van der Waals surface area contributed by atoms with Crippen LogP contribution >= 0.6 is 0 Å². The summed E-state index contributed by atoms with van der Waals surface area (Å²) >= 11 is 0. The van der Waals surface area contributed by atoms with Crippen LogP contribution in [0.25, 0.3) is 33.2 Å². The van der Waals surface area contributed by atoms with Gasteiger partial charge in [0.15, 0.2) is 0 Å². The lowest BCUT2D eigenvalue weighted by Crippen LogP contribution is -2.09. The summed E-state index contributed by atoms with van der Waals surface area (Å²) in [5, 5.41) is 1.58. The van der Waals surface area contributed by atoms with Crippen molar-refractivity contribution in [3.8, 4) is 11.4 Å². The van der Waals surface area contributed by atoms with Gasteiger partial charge in [-0.2, -0.15) is 0 Å². The third-order valence-electron chi connectivity index (χ3n) is 4.96. The van der Waals surface area contributed by atoms with Crippen molar-refractivity contribution >= 4 is 21.8 Å². The fourth-order valence-electron chi connectivity index (χ4n) is 3.52. The van der Waals surface area contributed by atoms with E-state index in [1.54, 1.807) is 18.2 Å². The highest BCUT2D eigenvalue weighted by Gasteiger charge is 2.09. The minimum atomic E-state index is -0.209. The zero-order chi connectivity index (χ0) is 19.1. The molecule has 2 heterocycles. The molecule has 136 valence electrons. The number of nitrogens with one attached hydrogen (secondary N) is 1. The van der Waals surface area contributed by atoms with Crippen molar-refractivity contribution in [2.24, 2.45) is 0 Å². The van der Waals surface area contributed by atoms with E-state index in [0.29, 0.717) is 28.8 Å². The molecule has 3 aromatic carbocycles. The van der Waals surface area contributed by atoms with Crippen molar-refractivity contribution in [3.63, 3.8) is 0 Å². The molecule has 0 bridgehead atoms. The van der Waals surface area contributed by atoms with Crippen LogP contribution in [0.15, 0.2) is 83.8 Å². The Morgan fingerprint density at radius 2 is 1.79 bits per heavy atom. The summed E-state index contributed by atoms with van der Waals surface area (Å²) in [5.41, 5.74) is 2.98. The van der Waals surface area contributed by atoms with Gasteiger partial charge in [-0.15, -0.1) is 0 Å². The van der Waals surface area contributed by atoms with Crippen LogP contribution in [-0.4, -0.2) is 14.5 Å². The molecule has 0 saturated heterocycles. The highest BCUT2D eigenvalue weighted by molar-refractivity contribution is 5.86. The van der Waals surface area contributed by atoms with Gasteiger partial charge in [-0.3, -0.25) is 4.79 Å². The van der Waals surface area contributed by atoms with Crippen molar-refractivity contribution < 1.29 is 4.39 Å². The van der Waals surface area contributed by atoms with Crippen molar-refractivity contribution in [1.29, 1.82) is 0 Å². The summed E-state index contributed by atoms with van der Waals surface area (Å²) in [6, 6.07) is 21.9. The van der Waals surface area contributed by atoms with Crippen molar-refractivity contribution in [3.05, 3.63) is 101 Å². The maximum absolute atomic E-state index is 14.0. The van der Waals surface area contributed by atoms with E-state index < -0.39 is 0 Å². The Morgan fingerprint density at radius 3 is 2.68 bits per heavy atom. The SMILES string of the molecule is O=c1[nH]c(-c2ccc3c(ccn3Cc3ccccc3F)c2)nc2ccccc12. The van der Waals surface area contributed by atoms with E-state index in [9.17, 15) is 9.18 Å². The molecule has 0 saturated carbocycles. The molecule has 28 heavy (non-hydrogen) atoms. The monoisotopic (exact) mass is 369 g/mol. The van der Waals surface area contributed by atoms with Gasteiger partial charge in [0.2, 0.25) is 0 Å². The molecule has 4 nitrogen and oxygen atoms in total. The number of para-hydroxylation sites is 1. The van der Waals surface area contributed by atoms with Gasteiger partial charge < -0.3 is 9.55 Å². The first kappa shape index (κ1) is 16.4. The summed E-state index contributed by atoms with van der Waals surface area (Å²) in [6.45, 7) is 0.459. The first-order chi connectivity index (χ1) is 13.7. The molecule has 0 aliphatic heterocycles. The minimum absolute atomic E-state index is 0.155. The second-order valence-corrected chi connectivity index (χ2v) is 6.74. The number of benzene rings is 3. The van der Waals surface area contributed by atoms with Crippen LogP contribution in [-0.2, 0) is 6.54 Å². The van der Waals surface area contributed by atoms with Crippen molar-refractivity contribution in [2.45, 2.75) is 6.54 Å². The maximum atomic E-state index is 14.0. The standard InChI is InChI=1S/C23H16FN3O/c24-19-7-3-1-5-17(19)14-27-12-11-15-13-16(9-10-21(15)27)22-25-20-8-4-2-6-18(20)23(28)26-22/h1-13H,14H2,(H,25,26,28). The molecular formula is C23H16FN3O. The minimum Gasteiger partial charge on any atom is -0.343 e. The van der Waals surface area contributed by atoms with E-state index in [4.69, 9.17) is 0 Å². The fraction of sp³-hybridized carbons (Fsp3) is 0.0435. The summed E-state index contributed by atoms with van der Waals surface area (Å²) < 4.78 is 16.0. The van der Waals surface area contributed by atoms with Crippen molar-refractivity contribution in [1.82, 2.24) is 14.5 Å². The molecule has 5 heteroatoms. The first-order valence-corrected chi connectivity index (χ1v) is 9.01. The number of hydrogen-bond acceptors (Lipinski definition) is 2. The van der Waals surface area contributed by atoms with Gasteiger partial charge in [0.25, 0.3) is 5.56 Å². The molecular weight excluding hydrogens is 353 g/mol. The second-order valence-electron chi connectivity index (χ2n) is 6.74. The highest BCUT2D eigenvalue weighted by atomic mass is 19.1. The summed E-state index contributed by atoms with van der Waals surface area (Å²) in [4.78, 5) is 19.8. The largest absolute Gasteiger partial charge is 0.343 e. The fourth-order valence-corrected chi connectivity index (χ4v) is 3.52. The smallest absolute Gasteiger partial charge is 0.259 e. The van der Waals surface area contributed by atoms with E-state index >= 15 is 0 Å². The number of rotatable bonds is 3. The van der Waals surface area contributed by atoms with Crippen LogP contribution < -0.4 is 5.56 Å². The lowest BCUT2D eigenvalue weighted by Gasteiger charge is -2.08. The van der Waals surface area contributed by atoms with Crippen LogP contribution in [0.5, 0.6) is 0 Å². The van der Waals surface area contributed by atoms with E-state index in [1.807, 2.05) is 59.3 Å². The van der Waals surface area contributed by atoms with E-state index in [0.717, 1.165) is 16.5 Å². The predicted octanol–water partition coefficient (Wildman–Crippen LogP) is 4.73. The topological polar surface area (TPSA) is 50.7 Å². The number of H-pyrrole nitrogens is 1. The zero-order valence-electron chi connectivity index (χ0n) is 14.9. The lowest BCUT2D eigenvalue weighted by atomic mass is 10.1. The molecule has 0 aliphatic rings. The van der Waals surface area contributed by atoms with Crippen LogP contribution in [0.1, 0.15) is 5.56 Å². The van der Waals surface area contributed by atoms with Gasteiger partial charge >= 0.3 is 0 Å². The predicted molar refractivity (Wildman–Crippen MR) is 109 cm³/mol. The molecule has 0 radical (unpaired) electrons. The molecule has 1 N–H and O–H groups in total. The normalized spacial score (nSPS) is 11.3. The Morgan fingerprint density at radius 1 is 0.964 bits per heavy atom. The first-order valence-electron chi connectivity index (χ1n) is 9.01. The second kappa shape index (κ2) is 6.46. The van der Waals surface area contributed by atoms with Gasteiger partial charge in [-0.05, 0) is 42.5 Å². The number of aromatic nitrogens is 3. The molecule has 0 unspecified atom stereocenters. The third kappa shape index (κ3) is 2.77. The van der Waals surface area contributed by atoms with Gasteiger partial charge in [0, 0.05) is 28.2 Å². The van der Waals surface area contributed by atoms with Crippen LogP contribution in [0, 0.1) is 5.82 Å². The van der Waals surface area contributed by atoms with Gasteiger partial charge in [0.1, 0.15) is 11.6 Å². The zero-order valence-corrected chi connectivity index (χ0v) is 14.9. The van der Waals surface area contributed by atoms with Gasteiger partial charge in [-0.25, -0.2) is 9.37 Å². The molecule has 0 spiro atoms. The lowest BCUT2D eigenvalue weighted by molar-refractivity contribution is 0.602. The van der Waals surface area contributed by atoms with Crippen molar-refractivity contribution in [2.75, 3.05) is 0 Å². The average molecular weight is 369 g/mol. The summed E-state index contributed by atoms with van der Waals surface area (Å²) in [7, 11) is 0.